The zero-order valence-electron chi connectivity index (χ0n) is 18.4. The van der Waals surface area contributed by atoms with Crippen molar-refractivity contribution in [3.63, 3.8) is 0 Å². The Balaban J connectivity index is 1.45. The molecule has 1 amide bonds. The Labute approximate surface area is 197 Å². The molecule has 1 aromatic heterocycles. The van der Waals surface area contributed by atoms with Crippen molar-refractivity contribution in [2.75, 3.05) is 32.0 Å². The fourth-order valence-electron chi connectivity index (χ4n) is 3.49. The van der Waals surface area contributed by atoms with Crippen molar-refractivity contribution in [2.45, 2.75) is 6.10 Å². The van der Waals surface area contributed by atoms with Gasteiger partial charge in [-0.25, -0.2) is 9.97 Å². The van der Waals surface area contributed by atoms with Gasteiger partial charge in [-0.15, -0.1) is 0 Å². The van der Waals surface area contributed by atoms with Crippen LogP contribution in [0.25, 0.3) is 11.1 Å². The number of ether oxygens (including phenoxy) is 3. The zero-order valence-corrected chi connectivity index (χ0v) is 18.4. The first-order chi connectivity index (χ1) is 16.5. The van der Waals surface area contributed by atoms with Crippen molar-refractivity contribution >= 4 is 11.7 Å². The molecule has 172 valence electrons. The molecule has 0 aliphatic carbocycles. The minimum atomic E-state index is -0.402. The number of nitrogen functional groups attached to an aromatic ring is 1. The molecule has 0 bridgehead atoms. The van der Waals surface area contributed by atoms with Crippen molar-refractivity contribution in [3.05, 3.63) is 73.1 Å². The highest BCUT2D eigenvalue weighted by Gasteiger charge is 2.26. The van der Waals surface area contributed by atoms with Crippen LogP contribution in [-0.2, 0) is 9.53 Å². The van der Waals surface area contributed by atoms with E-state index in [1.54, 1.807) is 6.07 Å². The van der Waals surface area contributed by atoms with Gasteiger partial charge in [-0.2, -0.15) is 5.26 Å². The van der Waals surface area contributed by atoms with Gasteiger partial charge in [-0.05, 0) is 29.8 Å². The first kappa shape index (κ1) is 22.8. The van der Waals surface area contributed by atoms with E-state index in [1.165, 1.54) is 11.2 Å². The Morgan fingerprint density at radius 1 is 1.18 bits per heavy atom. The van der Waals surface area contributed by atoms with Gasteiger partial charge in [0.15, 0.2) is 0 Å². The van der Waals surface area contributed by atoms with Crippen molar-refractivity contribution < 1.29 is 19.0 Å². The molecule has 2 aromatic carbocycles. The van der Waals surface area contributed by atoms with E-state index in [0.717, 1.165) is 11.3 Å². The van der Waals surface area contributed by atoms with Gasteiger partial charge in [0.05, 0.1) is 18.7 Å². The van der Waals surface area contributed by atoms with Crippen LogP contribution in [0.5, 0.6) is 17.4 Å². The summed E-state index contributed by atoms with van der Waals surface area (Å²) in [5.74, 6) is 1.58. The molecule has 1 saturated heterocycles. The third-order valence-electron chi connectivity index (χ3n) is 5.19. The molecule has 2 N–H and O–H groups in total. The van der Waals surface area contributed by atoms with Gasteiger partial charge in [0.1, 0.15) is 48.0 Å². The molecule has 1 fully saturated rings. The van der Waals surface area contributed by atoms with Crippen LogP contribution in [0.15, 0.2) is 73.1 Å². The fraction of sp³-hybridized carbons (Fsp3) is 0.200. The smallest absolute Gasteiger partial charge is 0.264 e. The molecule has 0 spiro atoms. The Hall–Kier alpha value is -4.42. The standard InChI is InChI=1S/C25H23N5O4/c1-17(13-26)25(31)30-11-12-32-21(14-30)15-33-24-22(23(27)28-16-29-24)18-7-9-20(10-8-18)34-19-5-3-2-4-6-19/h2-10,16,21H,1,11-12,14-15H2,(H2,27,28,29)/t21-/m1/s1. The highest BCUT2D eigenvalue weighted by molar-refractivity contribution is 5.96. The average Bonchev–Trinajstić information content (AvgIpc) is 2.88. The lowest BCUT2D eigenvalue weighted by molar-refractivity contribution is -0.135. The SMILES string of the molecule is C=C(C#N)C(=O)N1CCO[C@@H](COc2ncnc(N)c2-c2ccc(Oc3ccccc3)cc2)C1. The number of hydrogen-bond donors (Lipinski definition) is 1. The molecule has 2 heterocycles. The van der Waals surface area contributed by atoms with Crippen LogP contribution in [0.4, 0.5) is 5.82 Å². The maximum atomic E-state index is 12.2. The monoisotopic (exact) mass is 457 g/mol. The van der Waals surface area contributed by atoms with E-state index < -0.39 is 12.0 Å². The molecule has 34 heavy (non-hydrogen) atoms. The Morgan fingerprint density at radius 2 is 1.91 bits per heavy atom. The average molecular weight is 457 g/mol. The summed E-state index contributed by atoms with van der Waals surface area (Å²) in [5.41, 5.74) is 7.36. The Bertz CT molecular complexity index is 1210. The molecule has 1 atom stereocenters. The number of morpholine rings is 1. The Morgan fingerprint density at radius 3 is 2.65 bits per heavy atom. The lowest BCUT2D eigenvalue weighted by Crippen LogP contribution is -2.48. The largest absolute Gasteiger partial charge is 0.474 e. The van der Waals surface area contributed by atoms with Gasteiger partial charge in [-0.1, -0.05) is 36.9 Å². The molecule has 9 nitrogen and oxygen atoms in total. The van der Waals surface area contributed by atoms with E-state index in [-0.39, 0.29) is 24.5 Å². The van der Waals surface area contributed by atoms with E-state index in [9.17, 15) is 4.79 Å². The summed E-state index contributed by atoms with van der Waals surface area (Å²) in [7, 11) is 0. The molecule has 4 rings (SSSR count). The topological polar surface area (TPSA) is 124 Å². The maximum Gasteiger partial charge on any atom is 0.264 e. The van der Waals surface area contributed by atoms with Crippen molar-refractivity contribution in [1.82, 2.24) is 14.9 Å². The van der Waals surface area contributed by atoms with Crippen molar-refractivity contribution in [2.24, 2.45) is 0 Å². The van der Waals surface area contributed by atoms with Gasteiger partial charge in [-0.3, -0.25) is 4.79 Å². The Kier molecular flexibility index (Phi) is 7.01. The van der Waals surface area contributed by atoms with E-state index in [0.29, 0.717) is 30.3 Å². The molecular weight excluding hydrogens is 434 g/mol. The first-order valence-electron chi connectivity index (χ1n) is 10.6. The molecule has 1 aliphatic rings. The van der Waals surface area contributed by atoms with Crippen LogP contribution in [0.3, 0.4) is 0 Å². The second-order valence-corrected chi connectivity index (χ2v) is 7.52. The number of nitrogens with zero attached hydrogens (tertiary/aromatic N) is 4. The summed E-state index contributed by atoms with van der Waals surface area (Å²) >= 11 is 0. The van der Waals surface area contributed by atoms with Crippen LogP contribution in [0, 0.1) is 11.3 Å². The van der Waals surface area contributed by atoms with E-state index in [1.807, 2.05) is 54.6 Å². The molecule has 0 radical (unpaired) electrons. The summed E-state index contributed by atoms with van der Waals surface area (Å²) in [5, 5.41) is 8.92. The number of para-hydroxylation sites is 1. The number of anilines is 1. The number of carbonyl (C=O) groups is 1. The number of benzene rings is 2. The van der Waals surface area contributed by atoms with E-state index in [2.05, 4.69) is 16.5 Å². The minimum Gasteiger partial charge on any atom is -0.474 e. The first-order valence-corrected chi connectivity index (χ1v) is 10.6. The van der Waals surface area contributed by atoms with Crippen molar-refractivity contribution in [3.8, 4) is 34.6 Å². The third kappa shape index (κ3) is 5.31. The molecule has 9 heteroatoms. The lowest BCUT2D eigenvalue weighted by Gasteiger charge is -2.32. The number of nitriles is 1. The highest BCUT2D eigenvalue weighted by atomic mass is 16.5. The number of rotatable bonds is 7. The second-order valence-electron chi connectivity index (χ2n) is 7.52. The predicted molar refractivity (Wildman–Crippen MR) is 125 cm³/mol. The molecule has 0 unspecified atom stereocenters. The molecule has 3 aromatic rings. The number of nitrogens with two attached hydrogens (primary N) is 1. The van der Waals surface area contributed by atoms with Gasteiger partial charge >= 0.3 is 0 Å². The second kappa shape index (κ2) is 10.5. The van der Waals surface area contributed by atoms with Crippen LogP contribution in [0.1, 0.15) is 0 Å². The maximum absolute atomic E-state index is 12.2. The lowest BCUT2D eigenvalue weighted by atomic mass is 10.1. The molecule has 1 aliphatic heterocycles. The van der Waals surface area contributed by atoms with Gasteiger partial charge in [0.25, 0.3) is 5.91 Å². The highest BCUT2D eigenvalue weighted by Crippen LogP contribution is 2.34. The quantitative estimate of drug-likeness (QED) is 0.424. The minimum absolute atomic E-state index is 0.105. The summed E-state index contributed by atoms with van der Waals surface area (Å²) in [4.78, 5) is 22.1. The predicted octanol–water partition coefficient (Wildman–Crippen LogP) is 3.20. The van der Waals surface area contributed by atoms with Gasteiger partial charge in [0.2, 0.25) is 5.88 Å². The van der Waals surface area contributed by atoms with Crippen molar-refractivity contribution in [1.29, 1.82) is 5.26 Å². The number of carbonyl (C=O) groups excluding carboxylic acids is 1. The van der Waals surface area contributed by atoms with Crippen LogP contribution < -0.4 is 15.2 Å². The molecular formula is C25H23N5O4. The van der Waals surface area contributed by atoms with Crippen LogP contribution in [-0.4, -0.2) is 53.2 Å². The number of amides is 1. The number of hydrogen-bond acceptors (Lipinski definition) is 8. The summed E-state index contributed by atoms with van der Waals surface area (Å²) < 4.78 is 17.5. The van der Waals surface area contributed by atoms with E-state index in [4.69, 9.17) is 25.2 Å². The number of aromatic nitrogens is 2. The zero-order chi connectivity index (χ0) is 23.9. The van der Waals surface area contributed by atoms with Crippen LogP contribution in [0.2, 0.25) is 0 Å². The van der Waals surface area contributed by atoms with Gasteiger partial charge < -0.3 is 24.8 Å². The normalized spacial score (nSPS) is 15.3. The van der Waals surface area contributed by atoms with Gasteiger partial charge in [0, 0.05) is 6.54 Å². The summed E-state index contributed by atoms with van der Waals surface area (Å²) in [6, 6.07) is 18.6. The third-order valence-corrected chi connectivity index (χ3v) is 5.19. The molecule has 0 saturated carbocycles. The van der Waals surface area contributed by atoms with Crippen LogP contribution >= 0.6 is 0 Å². The summed E-state index contributed by atoms with van der Waals surface area (Å²) in [6.07, 6.45) is 0.935. The summed E-state index contributed by atoms with van der Waals surface area (Å²) in [6.45, 7) is 4.63. The fourth-order valence-corrected chi connectivity index (χ4v) is 3.49. The van der Waals surface area contributed by atoms with E-state index >= 15 is 0 Å².